The largest absolute Gasteiger partial charge is 0.481 e. The Morgan fingerprint density at radius 1 is 1.43 bits per heavy atom. The van der Waals surface area contributed by atoms with Crippen LogP contribution in [0.25, 0.3) is 11.0 Å². The summed E-state index contributed by atoms with van der Waals surface area (Å²) in [6, 6.07) is 6.08. The zero-order chi connectivity index (χ0) is 14.8. The predicted octanol–water partition coefficient (Wildman–Crippen LogP) is 1.92. The standard InChI is InChI=1S/C15H18N4O2/c1-2-7-19-14-4-3-12(10-13(14)16-17-19)18-8-5-11(6-9-18)15(20)21/h2-4,10-11H,1,5-9H2,(H,20,21). The van der Waals surface area contributed by atoms with Crippen molar-refractivity contribution in [1.82, 2.24) is 15.0 Å². The molecule has 2 heterocycles. The number of fused-ring (bicyclic) bond motifs is 1. The van der Waals surface area contributed by atoms with Gasteiger partial charge in [-0.3, -0.25) is 4.79 Å². The van der Waals surface area contributed by atoms with Crippen LogP contribution in [0.5, 0.6) is 0 Å². The number of carbonyl (C=O) groups is 1. The van der Waals surface area contributed by atoms with Gasteiger partial charge < -0.3 is 10.0 Å². The van der Waals surface area contributed by atoms with Crippen molar-refractivity contribution >= 4 is 22.7 Å². The molecule has 110 valence electrons. The Morgan fingerprint density at radius 2 is 2.19 bits per heavy atom. The van der Waals surface area contributed by atoms with E-state index >= 15 is 0 Å². The lowest BCUT2D eigenvalue weighted by Gasteiger charge is -2.31. The van der Waals surface area contributed by atoms with Crippen LogP contribution in [0.1, 0.15) is 12.8 Å². The predicted molar refractivity (Wildman–Crippen MR) is 80.3 cm³/mol. The molecule has 1 N–H and O–H groups in total. The van der Waals surface area contributed by atoms with Gasteiger partial charge in [0.25, 0.3) is 0 Å². The highest BCUT2D eigenvalue weighted by Gasteiger charge is 2.24. The van der Waals surface area contributed by atoms with Crippen LogP contribution < -0.4 is 4.90 Å². The van der Waals surface area contributed by atoms with Crippen molar-refractivity contribution in [3.63, 3.8) is 0 Å². The molecule has 0 spiro atoms. The smallest absolute Gasteiger partial charge is 0.306 e. The van der Waals surface area contributed by atoms with Gasteiger partial charge in [0.05, 0.1) is 18.0 Å². The van der Waals surface area contributed by atoms with E-state index in [1.165, 1.54) is 0 Å². The number of aliphatic carboxylic acids is 1. The molecule has 0 bridgehead atoms. The van der Waals surface area contributed by atoms with Gasteiger partial charge in [-0.2, -0.15) is 0 Å². The van der Waals surface area contributed by atoms with E-state index in [1.54, 1.807) is 6.08 Å². The van der Waals surface area contributed by atoms with Crippen LogP contribution in [-0.4, -0.2) is 39.2 Å². The van der Waals surface area contributed by atoms with Crippen LogP contribution in [0.15, 0.2) is 30.9 Å². The van der Waals surface area contributed by atoms with E-state index < -0.39 is 5.97 Å². The fraction of sp³-hybridized carbons (Fsp3) is 0.400. The zero-order valence-electron chi connectivity index (χ0n) is 11.8. The minimum atomic E-state index is -0.683. The number of anilines is 1. The second-order valence-corrected chi connectivity index (χ2v) is 5.33. The molecule has 0 amide bonds. The third-order valence-electron chi connectivity index (χ3n) is 4.01. The average molecular weight is 286 g/mol. The van der Waals surface area contributed by atoms with Gasteiger partial charge in [0, 0.05) is 18.8 Å². The van der Waals surface area contributed by atoms with Crippen molar-refractivity contribution < 1.29 is 9.90 Å². The summed E-state index contributed by atoms with van der Waals surface area (Å²) in [6.07, 6.45) is 3.17. The minimum absolute atomic E-state index is 0.210. The van der Waals surface area contributed by atoms with Crippen molar-refractivity contribution in [1.29, 1.82) is 0 Å². The summed E-state index contributed by atoms with van der Waals surface area (Å²) in [5.74, 6) is -0.893. The van der Waals surface area contributed by atoms with Crippen LogP contribution in [-0.2, 0) is 11.3 Å². The van der Waals surface area contributed by atoms with Crippen LogP contribution in [0.2, 0.25) is 0 Å². The topological polar surface area (TPSA) is 71.2 Å². The number of nitrogens with zero attached hydrogens (tertiary/aromatic N) is 4. The van der Waals surface area contributed by atoms with Crippen LogP contribution in [0.4, 0.5) is 5.69 Å². The number of carboxylic acids is 1. The third kappa shape index (κ3) is 2.61. The van der Waals surface area contributed by atoms with Gasteiger partial charge in [0.2, 0.25) is 0 Å². The van der Waals surface area contributed by atoms with Crippen LogP contribution in [0, 0.1) is 5.92 Å². The molecule has 6 heteroatoms. The third-order valence-corrected chi connectivity index (χ3v) is 4.01. The molecule has 1 fully saturated rings. The molecule has 3 rings (SSSR count). The quantitative estimate of drug-likeness (QED) is 0.869. The molecular formula is C15H18N4O2. The average Bonchev–Trinajstić information content (AvgIpc) is 2.90. The summed E-state index contributed by atoms with van der Waals surface area (Å²) in [5.41, 5.74) is 2.92. The molecule has 0 saturated carbocycles. The first kappa shape index (κ1) is 13.6. The summed E-state index contributed by atoms with van der Waals surface area (Å²) >= 11 is 0. The summed E-state index contributed by atoms with van der Waals surface area (Å²) in [6.45, 7) is 5.88. The van der Waals surface area contributed by atoms with E-state index in [9.17, 15) is 4.79 Å². The molecule has 0 unspecified atom stereocenters. The van der Waals surface area contributed by atoms with E-state index in [0.29, 0.717) is 19.4 Å². The Morgan fingerprint density at radius 3 is 2.86 bits per heavy atom. The van der Waals surface area contributed by atoms with Crippen LogP contribution >= 0.6 is 0 Å². The number of hydrogen-bond acceptors (Lipinski definition) is 4. The number of carboxylic acid groups (broad SMARTS) is 1. The van der Waals surface area contributed by atoms with Gasteiger partial charge in [-0.25, -0.2) is 4.68 Å². The SMILES string of the molecule is C=CCn1nnc2cc(N3CCC(C(=O)O)CC3)ccc21. The maximum Gasteiger partial charge on any atom is 0.306 e. The van der Waals surface area contributed by atoms with E-state index in [-0.39, 0.29) is 5.92 Å². The van der Waals surface area contributed by atoms with Gasteiger partial charge in [-0.05, 0) is 31.0 Å². The van der Waals surface area contributed by atoms with Gasteiger partial charge in [-0.1, -0.05) is 11.3 Å². The molecule has 21 heavy (non-hydrogen) atoms. The molecule has 6 nitrogen and oxygen atoms in total. The van der Waals surface area contributed by atoms with E-state index in [1.807, 2.05) is 22.9 Å². The maximum absolute atomic E-state index is 11.0. The minimum Gasteiger partial charge on any atom is -0.481 e. The Kier molecular flexibility index (Phi) is 3.60. The molecule has 1 aromatic carbocycles. The van der Waals surface area contributed by atoms with Gasteiger partial charge in [0.15, 0.2) is 0 Å². The van der Waals surface area contributed by atoms with Crippen molar-refractivity contribution in [2.75, 3.05) is 18.0 Å². The first-order valence-corrected chi connectivity index (χ1v) is 7.11. The Bertz CT molecular complexity index is 671. The first-order valence-electron chi connectivity index (χ1n) is 7.11. The maximum atomic E-state index is 11.0. The summed E-state index contributed by atoms with van der Waals surface area (Å²) in [4.78, 5) is 13.2. The van der Waals surface area contributed by atoms with E-state index in [2.05, 4.69) is 21.8 Å². The zero-order valence-corrected chi connectivity index (χ0v) is 11.8. The lowest BCUT2D eigenvalue weighted by molar-refractivity contribution is -0.142. The molecule has 0 atom stereocenters. The molecule has 2 aromatic rings. The Labute approximate surface area is 122 Å². The first-order chi connectivity index (χ1) is 10.2. The number of piperidine rings is 1. The molecule has 1 aliphatic rings. The van der Waals surface area contributed by atoms with Gasteiger partial charge in [-0.15, -0.1) is 11.7 Å². The highest BCUT2D eigenvalue weighted by molar-refractivity contribution is 5.79. The highest BCUT2D eigenvalue weighted by atomic mass is 16.4. The Balaban J connectivity index is 1.79. The molecular weight excluding hydrogens is 268 g/mol. The summed E-state index contributed by atoms with van der Waals surface area (Å²) in [5, 5.41) is 17.3. The number of allylic oxidation sites excluding steroid dienone is 1. The molecule has 0 aliphatic carbocycles. The van der Waals surface area contributed by atoms with Crippen molar-refractivity contribution in [3.8, 4) is 0 Å². The van der Waals surface area contributed by atoms with Crippen LogP contribution in [0.3, 0.4) is 0 Å². The molecule has 1 aliphatic heterocycles. The van der Waals surface area contributed by atoms with E-state index in [4.69, 9.17) is 5.11 Å². The monoisotopic (exact) mass is 286 g/mol. The van der Waals surface area contributed by atoms with Crippen molar-refractivity contribution in [3.05, 3.63) is 30.9 Å². The van der Waals surface area contributed by atoms with Gasteiger partial charge in [0.1, 0.15) is 5.52 Å². The normalized spacial score (nSPS) is 16.3. The number of hydrogen-bond donors (Lipinski definition) is 1. The molecule has 1 saturated heterocycles. The summed E-state index contributed by atoms with van der Waals surface area (Å²) in [7, 11) is 0. The number of rotatable bonds is 4. The van der Waals surface area contributed by atoms with Gasteiger partial charge >= 0.3 is 5.97 Å². The number of aromatic nitrogens is 3. The Hall–Kier alpha value is -2.37. The lowest BCUT2D eigenvalue weighted by atomic mass is 9.97. The lowest BCUT2D eigenvalue weighted by Crippen LogP contribution is -2.36. The summed E-state index contributed by atoms with van der Waals surface area (Å²) < 4.78 is 1.81. The highest BCUT2D eigenvalue weighted by Crippen LogP contribution is 2.26. The van der Waals surface area contributed by atoms with Crippen molar-refractivity contribution in [2.45, 2.75) is 19.4 Å². The molecule has 1 aromatic heterocycles. The molecule has 0 radical (unpaired) electrons. The fourth-order valence-electron chi connectivity index (χ4n) is 2.80. The fourth-order valence-corrected chi connectivity index (χ4v) is 2.80. The second-order valence-electron chi connectivity index (χ2n) is 5.33. The number of benzene rings is 1. The second kappa shape index (κ2) is 5.55. The van der Waals surface area contributed by atoms with E-state index in [0.717, 1.165) is 29.8 Å². The van der Waals surface area contributed by atoms with Crippen molar-refractivity contribution in [2.24, 2.45) is 5.92 Å².